The summed E-state index contributed by atoms with van der Waals surface area (Å²) in [7, 11) is 0. The third kappa shape index (κ3) is 3.20. The second-order valence-corrected chi connectivity index (χ2v) is 6.79. The molecule has 0 fully saturated rings. The summed E-state index contributed by atoms with van der Waals surface area (Å²) in [6.07, 6.45) is 0.916. The van der Waals surface area contributed by atoms with Gasteiger partial charge in [0.05, 0.1) is 4.75 Å². The van der Waals surface area contributed by atoms with Gasteiger partial charge in [-0.2, -0.15) is 0 Å². The van der Waals surface area contributed by atoms with Crippen LogP contribution in [0.2, 0.25) is 0 Å². The predicted octanol–water partition coefficient (Wildman–Crippen LogP) is 5.94. The molecule has 0 bridgehead atoms. The highest BCUT2D eigenvalue weighted by atomic mass is 32.2. The van der Waals surface area contributed by atoms with Crippen LogP contribution in [-0.4, -0.2) is 5.75 Å². The van der Waals surface area contributed by atoms with Gasteiger partial charge in [0.1, 0.15) is 0 Å². The number of hydrogen-bond donors (Lipinski definition) is 0. The van der Waals surface area contributed by atoms with Crippen LogP contribution in [0.5, 0.6) is 0 Å². The van der Waals surface area contributed by atoms with E-state index >= 15 is 0 Å². The van der Waals surface area contributed by atoms with E-state index in [0.29, 0.717) is 0 Å². The second kappa shape index (κ2) is 7.52. The maximum absolute atomic E-state index is 4.05. The molecule has 1 heteroatoms. The van der Waals surface area contributed by atoms with Gasteiger partial charge >= 0.3 is 0 Å². The molecule has 0 aliphatic heterocycles. The molecule has 3 rings (SSSR count). The van der Waals surface area contributed by atoms with Crippen LogP contribution >= 0.6 is 11.8 Å². The maximum atomic E-state index is 4.05. The largest absolute Gasteiger partial charge is 0.141 e. The van der Waals surface area contributed by atoms with Gasteiger partial charge in [0.2, 0.25) is 0 Å². The summed E-state index contributed by atoms with van der Waals surface area (Å²) < 4.78 is -0.193. The van der Waals surface area contributed by atoms with E-state index in [1.807, 2.05) is 11.8 Å². The van der Waals surface area contributed by atoms with Crippen molar-refractivity contribution in [2.24, 2.45) is 0 Å². The Bertz CT molecular complexity index is 608. The molecule has 0 spiro atoms. The second-order valence-electron chi connectivity index (χ2n) is 5.48. The molecule has 0 atom stereocenters. The van der Waals surface area contributed by atoms with E-state index in [1.165, 1.54) is 16.7 Å². The quantitative estimate of drug-likeness (QED) is 0.507. The smallest absolute Gasteiger partial charge is 0.0906 e. The Labute approximate surface area is 143 Å². The minimum Gasteiger partial charge on any atom is -0.141 e. The molecule has 0 aliphatic carbocycles. The lowest BCUT2D eigenvalue weighted by Crippen LogP contribution is -2.26. The lowest BCUT2D eigenvalue weighted by Gasteiger charge is -2.35. The van der Waals surface area contributed by atoms with Crippen molar-refractivity contribution in [2.45, 2.75) is 11.2 Å². The third-order valence-corrected chi connectivity index (χ3v) is 5.64. The van der Waals surface area contributed by atoms with Gasteiger partial charge in [0.25, 0.3) is 0 Å². The summed E-state index contributed by atoms with van der Waals surface area (Å²) in [6.45, 7) is 4.05. The van der Waals surface area contributed by atoms with Crippen molar-refractivity contribution < 1.29 is 0 Å². The third-order valence-electron chi connectivity index (χ3n) is 4.00. The Hall–Kier alpha value is -1.99. The molecular weight excluding hydrogens is 296 g/mol. The van der Waals surface area contributed by atoms with E-state index in [9.17, 15) is 0 Å². The zero-order valence-corrected chi connectivity index (χ0v) is 14.0. The summed E-state index contributed by atoms with van der Waals surface area (Å²) in [6, 6.07) is 32.4. The monoisotopic (exact) mass is 317 g/mol. The summed E-state index contributed by atoms with van der Waals surface area (Å²) in [5.41, 5.74) is 3.95. The Kier molecular flexibility index (Phi) is 5.19. The molecule has 3 aromatic rings. The zero-order chi connectivity index (χ0) is 16.0. The van der Waals surface area contributed by atoms with Gasteiger partial charge in [-0.05, 0) is 28.9 Å². The van der Waals surface area contributed by atoms with Crippen molar-refractivity contribution in [2.75, 3.05) is 5.75 Å². The van der Waals surface area contributed by atoms with Gasteiger partial charge in [-0.15, -0.1) is 11.8 Å². The Morgan fingerprint density at radius 3 is 1.26 bits per heavy atom. The van der Waals surface area contributed by atoms with Crippen LogP contribution in [0.15, 0.2) is 91.0 Å². The topological polar surface area (TPSA) is 0 Å². The van der Waals surface area contributed by atoms with Gasteiger partial charge in [0.15, 0.2) is 0 Å². The van der Waals surface area contributed by atoms with Gasteiger partial charge < -0.3 is 0 Å². The summed E-state index contributed by atoms with van der Waals surface area (Å²) >= 11 is 1.97. The molecule has 0 aromatic heterocycles. The van der Waals surface area contributed by atoms with E-state index in [0.717, 1.165) is 12.2 Å². The summed E-state index contributed by atoms with van der Waals surface area (Å²) in [4.78, 5) is 0. The average Bonchev–Trinajstić information content (AvgIpc) is 2.65. The molecule has 1 radical (unpaired) electrons. The van der Waals surface area contributed by atoms with Crippen LogP contribution in [0.4, 0.5) is 0 Å². The first-order valence-corrected chi connectivity index (χ1v) is 8.96. The van der Waals surface area contributed by atoms with Gasteiger partial charge in [0, 0.05) is 0 Å². The standard InChI is InChI=1S/C22H21S/c1-2-18-23-22(19-12-6-3-7-13-19,20-14-8-4-9-15-20)21-16-10-5-11-17-21/h3-17H,1-2,18H2. The molecule has 0 heterocycles. The SMILES string of the molecule is [CH2]CCSC(c1ccccc1)(c1ccccc1)c1ccccc1. The molecule has 0 saturated carbocycles. The molecule has 0 saturated heterocycles. The lowest BCUT2D eigenvalue weighted by molar-refractivity contribution is 0.892. The van der Waals surface area contributed by atoms with E-state index in [1.54, 1.807) is 0 Å². The molecule has 0 amide bonds. The van der Waals surface area contributed by atoms with Crippen LogP contribution in [-0.2, 0) is 4.75 Å². The average molecular weight is 317 g/mol. The zero-order valence-electron chi connectivity index (χ0n) is 13.2. The van der Waals surface area contributed by atoms with Gasteiger partial charge in [-0.1, -0.05) is 97.9 Å². The number of rotatable bonds is 6. The molecule has 0 nitrogen and oxygen atoms in total. The first-order chi connectivity index (χ1) is 11.4. The number of thioether (sulfide) groups is 1. The van der Waals surface area contributed by atoms with Crippen molar-refractivity contribution in [3.05, 3.63) is 115 Å². The minimum atomic E-state index is -0.193. The Morgan fingerprint density at radius 1 is 0.609 bits per heavy atom. The lowest BCUT2D eigenvalue weighted by atomic mass is 9.84. The van der Waals surface area contributed by atoms with Crippen molar-refractivity contribution in [3.8, 4) is 0 Å². The normalized spacial score (nSPS) is 11.3. The van der Waals surface area contributed by atoms with Crippen LogP contribution in [0.1, 0.15) is 23.1 Å². The molecule has 0 N–H and O–H groups in total. The predicted molar refractivity (Wildman–Crippen MR) is 102 cm³/mol. The molecule has 115 valence electrons. The Balaban J connectivity index is 2.25. The highest BCUT2D eigenvalue weighted by molar-refractivity contribution is 8.00. The fourth-order valence-corrected chi connectivity index (χ4v) is 4.35. The minimum absolute atomic E-state index is 0.193. The molecular formula is C22H21S. The fourth-order valence-electron chi connectivity index (χ4n) is 2.99. The molecule has 0 aliphatic rings. The van der Waals surface area contributed by atoms with Crippen molar-refractivity contribution >= 4 is 11.8 Å². The Morgan fingerprint density at radius 2 is 0.957 bits per heavy atom. The highest BCUT2D eigenvalue weighted by Gasteiger charge is 2.36. The molecule has 0 unspecified atom stereocenters. The van der Waals surface area contributed by atoms with Crippen LogP contribution in [0.3, 0.4) is 0 Å². The van der Waals surface area contributed by atoms with Crippen LogP contribution in [0, 0.1) is 6.92 Å². The highest BCUT2D eigenvalue weighted by Crippen LogP contribution is 2.48. The van der Waals surface area contributed by atoms with Gasteiger partial charge in [-0.3, -0.25) is 0 Å². The molecule has 23 heavy (non-hydrogen) atoms. The van der Waals surface area contributed by atoms with E-state index in [2.05, 4.69) is 97.9 Å². The number of benzene rings is 3. The van der Waals surface area contributed by atoms with Crippen molar-refractivity contribution in [3.63, 3.8) is 0 Å². The molecule has 3 aromatic carbocycles. The van der Waals surface area contributed by atoms with E-state index in [4.69, 9.17) is 0 Å². The maximum Gasteiger partial charge on any atom is 0.0906 e. The summed E-state index contributed by atoms with van der Waals surface area (Å²) in [5.74, 6) is 1.01. The first-order valence-electron chi connectivity index (χ1n) is 7.97. The van der Waals surface area contributed by atoms with E-state index in [-0.39, 0.29) is 4.75 Å². The van der Waals surface area contributed by atoms with E-state index < -0.39 is 0 Å². The van der Waals surface area contributed by atoms with Gasteiger partial charge in [-0.25, -0.2) is 0 Å². The van der Waals surface area contributed by atoms with Crippen molar-refractivity contribution in [1.29, 1.82) is 0 Å². The summed E-state index contributed by atoms with van der Waals surface area (Å²) in [5, 5.41) is 0. The van der Waals surface area contributed by atoms with Crippen LogP contribution < -0.4 is 0 Å². The van der Waals surface area contributed by atoms with Crippen molar-refractivity contribution in [1.82, 2.24) is 0 Å². The first kappa shape index (κ1) is 15.9. The number of hydrogen-bond acceptors (Lipinski definition) is 1. The van der Waals surface area contributed by atoms with Crippen LogP contribution in [0.25, 0.3) is 0 Å². The fraction of sp³-hybridized carbons (Fsp3) is 0.136.